The Morgan fingerprint density at radius 2 is 1.95 bits per heavy atom. The smallest absolute Gasteiger partial charge is 0.410 e. The molecule has 2 aliphatic heterocycles. The van der Waals surface area contributed by atoms with E-state index in [4.69, 9.17) is 4.74 Å². The fourth-order valence-corrected chi connectivity index (χ4v) is 5.70. The molecule has 0 unspecified atom stereocenters. The highest BCUT2D eigenvalue weighted by molar-refractivity contribution is 5.86. The minimum atomic E-state index is -0.748. The topological polar surface area (TPSA) is 114 Å². The van der Waals surface area contributed by atoms with Crippen molar-refractivity contribution < 1.29 is 23.8 Å². The molecule has 4 heterocycles. The number of hydrogen-bond acceptors (Lipinski definition) is 7. The summed E-state index contributed by atoms with van der Waals surface area (Å²) < 4.78 is 20.4. The van der Waals surface area contributed by atoms with Gasteiger partial charge in [-0.1, -0.05) is 6.42 Å². The van der Waals surface area contributed by atoms with Gasteiger partial charge in [-0.05, 0) is 46.5 Å². The number of piperidine rings is 2. The fourth-order valence-electron chi connectivity index (χ4n) is 5.70. The SMILES string of the molecule is CC(C)(C)OC(=O)N1CC2(CCC2)[C@H](O)C[C@H]1C(=O)N1CCC(c2nccc(-n3cc(F)cn3)n2)CC1. The maximum absolute atomic E-state index is 13.7. The third-order valence-corrected chi connectivity index (χ3v) is 7.89. The molecule has 3 aliphatic rings. The van der Waals surface area contributed by atoms with Gasteiger partial charge in [0, 0.05) is 49.7 Å². The first-order valence-electron chi connectivity index (χ1n) is 13.0. The van der Waals surface area contributed by atoms with Crippen molar-refractivity contribution in [2.45, 2.75) is 83.0 Å². The van der Waals surface area contributed by atoms with E-state index in [0.717, 1.165) is 25.5 Å². The molecule has 2 saturated heterocycles. The van der Waals surface area contributed by atoms with Crippen molar-refractivity contribution in [2.24, 2.45) is 5.41 Å². The molecular weight excluding hydrogens is 479 g/mol. The molecule has 37 heavy (non-hydrogen) atoms. The second kappa shape index (κ2) is 9.66. The number of rotatable bonds is 3. The molecule has 10 nitrogen and oxygen atoms in total. The highest BCUT2D eigenvalue weighted by atomic mass is 19.1. The summed E-state index contributed by atoms with van der Waals surface area (Å²) in [4.78, 5) is 39.1. The molecule has 5 rings (SSSR count). The number of aliphatic hydroxyl groups excluding tert-OH is 1. The van der Waals surface area contributed by atoms with Crippen LogP contribution in [0.4, 0.5) is 9.18 Å². The molecule has 1 N–H and O–H groups in total. The fraction of sp³-hybridized carbons (Fsp3) is 0.654. The number of aromatic nitrogens is 4. The Hall–Kier alpha value is -3.08. The molecule has 11 heteroatoms. The molecule has 2 amide bonds. The molecule has 2 aromatic heterocycles. The second-order valence-electron chi connectivity index (χ2n) is 11.6. The zero-order valence-corrected chi connectivity index (χ0v) is 21.6. The third kappa shape index (κ3) is 5.18. The van der Waals surface area contributed by atoms with Gasteiger partial charge < -0.3 is 14.7 Å². The third-order valence-electron chi connectivity index (χ3n) is 7.89. The largest absolute Gasteiger partial charge is 0.444 e. The molecule has 0 bridgehead atoms. The Morgan fingerprint density at radius 3 is 2.54 bits per heavy atom. The lowest BCUT2D eigenvalue weighted by Gasteiger charge is -2.54. The van der Waals surface area contributed by atoms with E-state index in [9.17, 15) is 19.1 Å². The van der Waals surface area contributed by atoms with E-state index in [1.807, 2.05) is 20.8 Å². The quantitative estimate of drug-likeness (QED) is 0.670. The van der Waals surface area contributed by atoms with Gasteiger partial charge in [-0.15, -0.1) is 0 Å². The number of hydrogen-bond donors (Lipinski definition) is 1. The van der Waals surface area contributed by atoms with Crippen LogP contribution < -0.4 is 0 Å². The van der Waals surface area contributed by atoms with Gasteiger partial charge in [-0.3, -0.25) is 9.69 Å². The van der Waals surface area contributed by atoms with Gasteiger partial charge in [-0.25, -0.2) is 23.8 Å². The molecule has 0 radical (unpaired) electrons. The van der Waals surface area contributed by atoms with Gasteiger partial charge >= 0.3 is 6.09 Å². The Morgan fingerprint density at radius 1 is 1.22 bits per heavy atom. The highest BCUT2D eigenvalue weighted by Crippen LogP contribution is 2.49. The summed E-state index contributed by atoms with van der Waals surface area (Å²) in [6.07, 6.45) is 7.17. The van der Waals surface area contributed by atoms with Crippen LogP contribution >= 0.6 is 0 Å². The zero-order chi connectivity index (χ0) is 26.4. The Bertz CT molecular complexity index is 1150. The second-order valence-corrected chi connectivity index (χ2v) is 11.6. The lowest BCUT2D eigenvalue weighted by molar-refractivity contribution is -0.152. The average molecular weight is 515 g/mol. The van der Waals surface area contributed by atoms with Crippen molar-refractivity contribution in [3.05, 3.63) is 36.3 Å². The first-order valence-corrected chi connectivity index (χ1v) is 13.0. The minimum Gasteiger partial charge on any atom is -0.444 e. The lowest BCUT2D eigenvalue weighted by atomic mass is 9.61. The molecule has 1 aliphatic carbocycles. The van der Waals surface area contributed by atoms with Crippen LogP contribution in [0.3, 0.4) is 0 Å². The number of amides is 2. The maximum atomic E-state index is 13.7. The van der Waals surface area contributed by atoms with Gasteiger partial charge in [0.05, 0.1) is 18.5 Å². The summed E-state index contributed by atoms with van der Waals surface area (Å²) in [5.41, 5.74) is -1.01. The highest BCUT2D eigenvalue weighted by Gasteiger charge is 2.53. The molecule has 1 saturated carbocycles. The van der Waals surface area contributed by atoms with E-state index in [0.29, 0.717) is 44.1 Å². The summed E-state index contributed by atoms with van der Waals surface area (Å²) in [6.45, 7) is 6.75. The standard InChI is InChI=1S/C26H35FN6O4/c1-25(2,3)37-24(36)32-16-26(8-4-9-26)20(34)13-19(32)23(35)31-11-6-17(7-12-31)22-28-10-5-21(30-22)33-15-18(27)14-29-33/h5,10,14-15,17,19-20,34H,4,6-9,11-13,16H2,1-3H3/t19-,20+/m0/s1. The van der Waals surface area contributed by atoms with Gasteiger partial charge in [0.2, 0.25) is 5.91 Å². The van der Waals surface area contributed by atoms with Crippen LogP contribution in [0.15, 0.2) is 24.7 Å². The van der Waals surface area contributed by atoms with E-state index < -0.39 is 29.7 Å². The molecule has 2 aromatic rings. The first kappa shape index (κ1) is 25.6. The first-order chi connectivity index (χ1) is 17.5. The van der Waals surface area contributed by atoms with Crippen molar-refractivity contribution in [1.82, 2.24) is 29.5 Å². The van der Waals surface area contributed by atoms with Crippen LogP contribution in [-0.4, -0.2) is 84.0 Å². The molecule has 200 valence electrons. The zero-order valence-electron chi connectivity index (χ0n) is 21.6. The summed E-state index contributed by atoms with van der Waals surface area (Å²) in [7, 11) is 0. The number of likely N-dealkylation sites (tertiary alicyclic amines) is 2. The lowest BCUT2D eigenvalue weighted by Crippen LogP contribution is -2.64. The van der Waals surface area contributed by atoms with Crippen molar-refractivity contribution in [3.8, 4) is 5.82 Å². The Balaban J connectivity index is 1.27. The monoisotopic (exact) mass is 514 g/mol. The summed E-state index contributed by atoms with van der Waals surface area (Å²) >= 11 is 0. The van der Waals surface area contributed by atoms with Crippen LogP contribution in [0.5, 0.6) is 0 Å². The number of carbonyl (C=O) groups excluding carboxylic acids is 2. The van der Waals surface area contributed by atoms with Crippen LogP contribution in [0.1, 0.15) is 71.0 Å². The van der Waals surface area contributed by atoms with E-state index >= 15 is 0 Å². The van der Waals surface area contributed by atoms with Crippen molar-refractivity contribution in [1.29, 1.82) is 0 Å². The summed E-state index contributed by atoms with van der Waals surface area (Å²) in [5.74, 6) is 0.571. The van der Waals surface area contributed by atoms with Crippen LogP contribution in [0, 0.1) is 11.2 Å². The summed E-state index contributed by atoms with van der Waals surface area (Å²) in [6, 6.07) is 0.922. The van der Waals surface area contributed by atoms with E-state index in [1.54, 1.807) is 22.1 Å². The van der Waals surface area contributed by atoms with Crippen molar-refractivity contribution in [3.63, 3.8) is 0 Å². The normalized spacial score (nSPS) is 24.1. The van der Waals surface area contributed by atoms with E-state index in [1.165, 1.54) is 10.9 Å². The summed E-state index contributed by atoms with van der Waals surface area (Å²) in [5, 5.41) is 14.9. The van der Waals surface area contributed by atoms with Crippen LogP contribution in [-0.2, 0) is 9.53 Å². The van der Waals surface area contributed by atoms with Crippen LogP contribution in [0.25, 0.3) is 5.82 Å². The van der Waals surface area contributed by atoms with Gasteiger partial charge in [0.1, 0.15) is 17.5 Å². The predicted octanol–water partition coefficient (Wildman–Crippen LogP) is 3.05. The van der Waals surface area contributed by atoms with E-state index in [-0.39, 0.29) is 23.7 Å². The number of carbonyl (C=O) groups is 2. The maximum Gasteiger partial charge on any atom is 0.410 e. The van der Waals surface area contributed by atoms with E-state index in [2.05, 4.69) is 15.1 Å². The molecule has 0 aromatic carbocycles. The number of halogens is 1. The Labute approximate surface area is 215 Å². The predicted molar refractivity (Wildman–Crippen MR) is 131 cm³/mol. The van der Waals surface area contributed by atoms with Gasteiger partial charge in [0.15, 0.2) is 11.6 Å². The van der Waals surface area contributed by atoms with Crippen molar-refractivity contribution in [2.75, 3.05) is 19.6 Å². The molecular formula is C26H35FN6O4. The molecule has 2 atom stereocenters. The number of nitrogens with zero attached hydrogens (tertiary/aromatic N) is 6. The minimum absolute atomic E-state index is 0.0431. The molecule has 1 spiro atoms. The van der Waals surface area contributed by atoms with Gasteiger partial charge in [0.25, 0.3) is 0 Å². The number of ether oxygens (including phenoxy) is 1. The molecule has 3 fully saturated rings. The van der Waals surface area contributed by atoms with Gasteiger partial charge in [-0.2, -0.15) is 5.10 Å². The average Bonchev–Trinajstić information content (AvgIpc) is 3.28. The van der Waals surface area contributed by atoms with Crippen molar-refractivity contribution >= 4 is 12.0 Å². The van der Waals surface area contributed by atoms with Crippen LogP contribution in [0.2, 0.25) is 0 Å². The Kier molecular flexibility index (Phi) is 6.68. The number of aliphatic hydroxyl groups is 1.